The first kappa shape index (κ1) is 9.41. The molecule has 2 nitrogen and oxygen atoms in total. The van der Waals surface area contributed by atoms with Crippen LogP contribution in [0.5, 0.6) is 0 Å². The summed E-state index contributed by atoms with van der Waals surface area (Å²) < 4.78 is 5.49. The minimum Gasteiger partial charge on any atom is -0.377 e. The smallest absolute Gasteiger partial charge is 0.145 e. The summed E-state index contributed by atoms with van der Waals surface area (Å²) in [5, 5.41) is 0. The number of carbonyl (C=O) groups is 1. The SMILES string of the molecule is CCO[C@@H]1CC(=O)[C@H]1c1ccccc1. The van der Waals surface area contributed by atoms with Crippen molar-refractivity contribution in [1.82, 2.24) is 0 Å². The first-order chi connectivity index (χ1) is 6.83. The van der Waals surface area contributed by atoms with E-state index in [9.17, 15) is 4.79 Å². The number of hydrogen-bond acceptors (Lipinski definition) is 2. The number of ether oxygens (including phenoxy) is 1. The summed E-state index contributed by atoms with van der Waals surface area (Å²) in [5.41, 5.74) is 1.09. The second-order valence-corrected chi connectivity index (χ2v) is 3.55. The highest BCUT2D eigenvalue weighted by atomic mass is 16.5. The molecular weight excluding hydrogens is 176 g/mol. The zero-order valence-electron chi connectivity index (χ0n) is 8.27. The first-order valence-corrected chi connectivity index (χ1v) is 5.02. The Bertz CT molecular complexity index is 318. The Hall–Kier alpha value is -1.15. The van der Waals surface area contributed by atoms with Gasteiger partial charge in [-0.15, -0.1) is 0 Å². The van der Waals surface area contributed by atoms with Gasteiger partial charge in [0.05, 0.1) is 12.0 Å². The van der Waals surface area contributed by atoms with Gasteiger partial charge < -0.3 is 4.74 Å². The molecule has 0 bridgehead atoms. The van der Waals surface area contributed by atoms with E-state index < -0.39 is 0 Å². The quantitative estimate of drug-likeness (QED) is 0.730. The molecule has 0 aromatic heterocycles. The van der Waals surface area contributed by atoms with Crippen LogP contribution in [0.15, 0.2) is 30.3 Å². The lowest BCUT2D eigenvalue weighted by atomic mass is 9.75. The molecule has 0 radical (unpaired) electrons. The van der Waals surface area contributed by atoms with Crippen molar-refractivity contribution in [3.05, 3.63) is 35.9 Å². The van der Waals surface area contributed by atoms with Crippen molar-refractivity contribution >= 4 is 5.78 Å². The van der Waals surface area contributed by atoms with Crippen molar-refractivity contribution in [2.45, 2.75) is 25.4 Å². The maximum atomic E-state index is 11.4. The number of rotatable bonds is 3. The van der Waals surface area contributed by atoms with E-state index in [4.69, 9.17) is 4.74 Å². The van der Waals surface area contributed by atoms with E-state index in [0.29, 0.717) is 18.8 Å². The second kappa shape index (κ2) is 3.93. The fourth-order valence-corrected chi connectivity index (χ4v) is 1.92. The highest BCUT2D eigenvalue weighted by molar-refractivity contribution is 5.93. The van der Waals surface area contributed by atoms with Crippen LogP contribution in [0.1, 0.15) is 24.8 Å². The molecule has 0 spiro atoms. The molecule has 1 fully saturated rings. The molecule has 0 N–H and O–H groups in total. The number of carbonyl (C=O) groups excluding carboxylic acids is 1. The van der Waals surface area contributed by atoms with E-state index in [1.54, 1.807) is 0 Å². The standard InChI is InChI=1S/C12H14O2/c1-2-14-11-8-10(13)12(11)9-6-4-3-5-7-9/h3-7,11-12H,2,8H2,1H3/t11-,12-/m1/s1. The van der Waals surface area contributed by atoms with Gasteiger partial charge in [-0.1, -0.05) is 30.3 Å². The normalized spacial score (nSPS) is 25.9. The van der Waals surface area contributed by atoms with Crippen molar-refractivity contribution in [3.63, 3.8) is 0 Å². The summed E-state index contributed by atoms with van der Waals surface area (Å²) >= 11 is 0. The summed E-state index contributed by atoms with van der Waals surface area (Å²) in [6.07, 6.45) is 0.683. The fourth-order valence-electron chi connectivity index (χ4n) is 1.92. The van der Waals surface area contributed by atoms with Gasteiger partial charge in [-0.05, 0) is 12.5 Å². The molecule has 1 aliphatic rings. The molecule has 0 saturated heterocycles. The van der Waals surface area contributed by atoms with E-state index in [1.165, 1.54) is 0 Å². The molecule has 2 heteroatoms. The molecule has 2 rings (SSSR count). The molecule has 0 heterocycles. The lowest BCUT2D eigenvalue weighted by Gasteiger charge is -2.34. The monoisotopic (exact) mass is 190 g/mol. The second-order valence-electron chi connectivity index (χ2n) is 3.55. The zero-order valence-corrected chi connectivity index (χ0v) is 8.27. The van der Waals surface area contributed by atoms with Crippen LogP contribution in [0.3, 0.4) is 0 Å². The number of Topliss-reactive ketones (excluding diaryl/α,β-unsaturated/α-hetero) is 1. The topological polar surface area (TPSA) is 26.3 Å². The van der Waals surface area contributed by atoms with Crippen LogP contribution in [-0.2, 0) is 9.53 Å². The highest BCUT2D eigenvalue weighted by Gasteiger charge is 2.41. The van der Waals surface area contributed by atoms with Gasteiger partial charge >= 0.3 is 0 Å². The summed E-state index contributed by atoms with van der Waals surface area (Å²) in [4.78, 5) is 11.4. The summed E-state index contributed by atoms with van der Waals surface area (Å²) in [6.45, 7) is 2.64. The lowest BCUT2D eigenvalue weighted by molar-refractivity contribution is -0.137. The molecule has 0 amide bonds. The Labute approximate surface area is 83.9 Å². The molecule has 1 aliphatic carbocycles. The number of hydrogen-bond donors (Lipinski definition) is 0. The van der Waals surface area contributed by atoms with E-state index in [1.807, 2.05) is 37.3 Å². The van der Waals surface area contributed by atoms with Crippen LogP contribution < -0.4 is 0 Å². The van der Waals surface area contributed by atoms with Gasteiger partial charge in [0.15, 0.2) is 0 Å². The molecule has 1 aromatic rings. The predicted octanol–water partition coefficient (Wildman–Crippen LogP) is 2.15. The van der Waals surface area contributed by atoms with E-state index in [2.05, 4.69) is 0 Å². The number of ketones is 1. The minimum absolute atomic E-state index is 0.0175. The Kier molecular flexibility index (Phi) is 2.64. The lowest BCUT2D eigenvalue weighted by Crippen LogP contribution is -2.41. The van der Waals surface area contributed by atoms with Crippen LogP contribution in [0.2, 0.25) is 0 Å². The zero-order chi connectivity index (χ0) is 9.97. The van der Waals surface area contributed by atoms with Crippen LogP contribution in [-0.4, -0.2) is 18.5 Å². The highest BCUT2D eigenvalue weighted by Crippen LogP contribution is 2.35. The molecule has 1 aromatic carbocycles. The van der Waals surface area contributed by atoms with Gasteiger partial charge in [-0.2, -0.15) is 0 Å². The third-order valence-electron chi connectivity index (χ3n) is 2.66. The van der Waals surface area contributed by atoms with Gasteiger partial charge in [0.1, 0.15) is 5.78 Å². The van der Waals surface area contributed by atoms with Crippen molar-refractivity contribution in [1.29, 1.82) is 0 Å². The third kappa shape index (κ3) is 1.58. The van der Waals surface area contributed by atoms with Gasteiger partial charge in [0.25, 0.3) is 0 Å². The van der Waals surface area contributed by atoms with Gasteiger partial charge in [-0.25, -0.2) is 0 Å². The van der Waals surface area contributed by atoms with Gasteiger partial charge in [-0.3, -0.25) is 4.79 Å². The molecule has 1 saturated carbocycles. The first-order valence-electron chi connectivity index (χ1n) is 5.02. The van der Waals surface area contributed by atoms with E-state index in [-0.39, 0.29) is 12.0 Å². The van der Waals surface area contributed by atoms with Crippen molar-refractivity contribution in [2.24, 2.45) is 0 Å². The minimum atomic E-state index is -0.0175. The van der Waals surface area contributed by atoms with Crippen LogP contribution in [0.25, 0.3) is 0 Å². The molecule has 0 unspecified atom stereocenters. The van der Waals surface area contributed by atoms with Crippen molar-refractivity contribution < 1.29 is 9.53 Å². The summed E-state index contributed by atoms with van der Waals surface area (Å²) in [6, 6.07) is 9.87. The largest absolute Gasteiger partial charge is 0.377 e. The average Bonchev–Trinajstić information content (AvgIpc) is 2.19. The van der Waals surface area contributed by atoms with Crippen molar-refractivity contribution in [3.8, 4) is 0 Å². The number of benzene rings is 1. The Morgan fingerprint density at radius 3 is 2.64 bits per heavy atom. The van der Waals surface area contributed by atoms with Crippen LogP contribution in [0, 0.1) is 0 Å². The van der Waals surface area contributed by atoms with Crippen LogP contribution in [0.4, 0.5) is 0 Å². The van der Waals surface area contributed by atoms with Crippen molar-refractivity contribution in [2.75, 3.05) is 6.61 Å². The summed E-state index contributed by atoms with van der Waals surface area (Å²) in [7, 11) is 0. The van der Waals surface area contributed by atoms with E-state index in [0.717, 1.165) is 5.56 Å². The van der Waals surface area contributed by atoms with Crippen LogP contribution >= 0.6 is 0 Å². The third-order valence-corrected chi connectivity index (χ3v) is 2.66. The maximum Gasteiger partial charge on any atom is 0.145 e. The average molecular weight is 190 g/mol. The van der Waals surface area contributed by atoms with Gasteiger partial charge in [0, 0.05) is 13.0 Å². The molecule has 14 heavy (non-hydrogen) atoms. The summed E-state index contributed by atoms with van der Waals surface area (Å²) in [5.74, 6) is 0.283. The Balaban J connectivity index is 2.13. The Morgan fingerprint density at radius 2 is 2.07 bits per heavy atom. The van der Waals surface area contributed by atoms with E-state index >= 15 is 0 Å². The maximum absolute atomic E-state index is 11.4. The molecule has 2 atom stereocenters. The molecule has 0 aliphatic heterocycles. The fraction of sp³-hybridized carbons (Fsp3) is 0.417. The van der Waals surface area contributed by atoms with Gasteiger partial charge in [0.2, 0.25) is 0 Å². The molecular formula is C12H14O2. The molecule has 74 valence electrons. The predicted molar refractivity (Wildman–Crippen MR) is 54.2 cm³/mol. The Morgan fingerprint density at radius 1 is 1.36 bits per heavy atom.